The fourth-order valence-corrected chi connectivity index (χ4v) is 4.31. The van der Waals surface area contributed by atoms with E-state index in [-0.39, 0.29) is 0 Å². The molecule has 1 aliphatic rings. The fraction of sp³-hybridized carbons (Fsp3) is 0.308. The lowest BCUT2D eigenvalue weighted by molar-refractivity contribution is 0.718. The summed E-state index contributed by atoms with van der Waals surface area (Å²) in [6.07, 6.45) is 3.50. The van der Waals surface area contributed by atoms with Crippen molar-refractivity contribution < 1.29 is 0 Å². The lowest BCUT2D eigenvalue weighted by Gasteiger charge is -2.21. The van der Waals surface area contributed by atoms with E-state index in [0.29, 0.717) is 23.7 Å². The first-order valence-electron chi connectivity index (χ1n) is 12.1. The number of anilines is 5. The third kappa shape index (κ3) is 5.41. The summed E-state index contributed by atoms with van der Waals surface area (Å²) in [6, 6.07) is 18.5. The van der Waals surface area contributed by atoms with Gasteiger partial charge in [0.2, 0.25) is 17.8 Å². The molecule has 9 heteroatoms. The maximum atomic E-state index is 4.74. The number of aromatic amines is 1. The number of nitrogens with one attached hydrogen (secondary N) is 4. The van der Waals surface area contributed by atoms with Gasteiger partial charge in [-0.15, -0.1) is 0 Å². The van der Waals surface area contributed by atoms with Crippen molar-refractivity contribution in [2.45, 2.75) is 26.2 Å². The van der Waals surface area contributed by atoms with Gasteiger partial charge in [0, 0.05) is 31.4 Å². The summed E-state index contributed by atoms with van der Waals surface area (Å²) in [6.45, 7) is 4.49. The number of aryl methyl sites for hydroxylation is 2. The molecular weight excluding hydrogens is 438 g/mol. The highest BCUT2D eigenvalue weighted by Gasteiger charge is 2.15. The largest absolute Gasteiger partial charge is 0.340 e. The maximum absolute atomic E-state index is 4.74. The van der Waals surface area contributed by atoms with Gasteiger partial charge in [-0.3, -0.25) is 5.10 Å². The monoisotopic (exact) mass is 469 g/mol. The summed E-state index contributed by atoms with van der Waals surface area (Å²) < 4.78 is 0. The zero-order valence-electron chi connectivity index (χ0n) is 20.2. The number of fused-ring (bicyclic) bond motifs is 1. The van der Waals surface area contributed by atoms with Crippen molar-refractivity contribution >= 4 is 29.4 Å². The van der Waals surface area contributed by atoms with Crippen molar-refractivity contribution in [3.8, 4) is 11.3 Å². The molecule has 0 atom stereocenters. The smallest absolute Gasteiger partial charge is 0.235 e. The SMILES string of the molecule is CCN(CCNC)c1nc(Nc2ccc3c(c2)CCC3)nc(Nc2cc(-c3ccccc3)[nH]n2)n1. The number of likely N-dealkylation sites (N-methyl/N-ethyl adjacent to an activating group) is 2. The number of rotatable bonds is 10. The van der Waals surface area contributed by atoms with Crippen molar-refractivity contribution in [2.24, 2.45) is 0 Å². The van der Waals surface area contributed by atoms with E-state index in [2.05, 4.69) is 61.2 Å². The molecule has 0 spiro atoms. The van der Waals surface area contributed by atoms with Crippen LogP contribution in [-0.2, 0) is 12.8 Å². The predicted octanol–water partition coefficient (Wildman–Crippen LogP) is 4.28. The molecule has 4 N–H and O–H groups in total. The topological polar surface area (TPSA) is 107 Å². The molecule has 4 aromatic rings. The fourth-order valence-electron chi connectivity index (χ4n) is 4.31. The Morgan fingerprint density at radius 3 is 2.51 bits per heavy atom. The number of H-pyrrole nitrogens is 1. The van der Waals surface area contributed by atoms with Crippen LogP contribution in [0.3, 0.4) is 0 Å². The molecule has 0 unspecified atom stereocenters. The zero-order valence-corrected chi connectivity index (χ0v) is 20.2. The Hall–Kier alpha value is -3.98. The van der Waals surface area contributed by atoms with Gasteiger partial charge in [0.1, 0.15) is 0 Å². The molecule has 0 saturated heterocycles. The second-order valence-electron chi connectivity index (χ2n) is 8.59. The predicted molar refractivity (Wildman–Crippen MR) is 141 cm³/mol. The summed E-state index contributed by atoms with van der Waals surface area (Å²) >= 11 is 0. The van der Waals surface area contributed by atoms with Crippen LogP contribution in [0, 0.1) is 0 Å². The number of benzene rings is 2. The van der Waals surface area contributed by atoms with Gasteiger partial charge in [-0.05, 0) is 62.1 Å². The summed E-state index contributed by atoms with van der Waals surface area (Å²) in [7, 11) is 1.94. The van der Waals surface area contributed by atoms with Gasteiger partial charge in [-0.1, -0.05) is 36.4 Å². The molecule has 35 heavy (non-hydrogen) atoms. The van der Waals surface area contributed by atoms with Crippen LogP contribution in [0.5, 0.6) is 0 Å². The van der Waals surface area contributed by atoms with Gasteiger partial charge >= 0.3 is 0 Å². The first kappa shape index (κ1) is 22.8. The molecule has 0 amide bonds. The molecule has 0 bridgehead atoms. The van der Waals surface area contributed by atoms with E-state index in [1.807, 2.05) is 43.4 Å². The van der Waals surface area contributed by atoms with Crippen molar-refractivity contribution in [1.29, 1.82) is 0 Å². The standard InChI is InChI=1S/C26H31N9/c1-3-35(15-14-27-2)26-31-24(28-21-13-12-18-10-7-11-20(18)16-21)30-25(32-26)29-23-17-22(33-34-23)19-8-5-4-6-9-19/h4-6,8-9,12-13,16-17,27H,3,7,10-11,14-15H2,1-2H3,(H3,28,29,30,31,32,33,34). The van der Waals surface area contributed by atoms with Crippen LogP contribution in [0.2, 0.25) is 0 Å². The molecule has 9 nitrogen and oxygen atoms in total. The summed E-state index contributed by atoms with van der Waals surface area (Å²) in [5, 5.41) is 17.3. The lowest BCUT2D eigenvalue weighted by Crippen LogP contribution is -2.32. The minimum Gasteiger partial charge on any atom is -0.340 e. The van der Waals surface area contributed by atoms with Crippen LogP contribution < -0.4 is 20.9 Å². The Labute approximate surface area is 205 Å². The third-order valence-electron chi connectivity index (χ3n) is 6.18. The summed E-state index contributed by atoms with van der Waals surface area (Å²) in [4.78, 5) is 16.2. The van der Waals surface area contributed by atoms with Crippen LogP contribution in [0.4, 0.5) is 29.4 Å². The van der Waals surface area contributed by atoms with Gasteiger partial charge < -0.3 is 20.9 Å². The van der Waals surface area contributed by atoms with Crippen LogP contribution in [0.1, 0.15) is 24.5 Å². The van der Waals surface area contributed by atoms with E-state index < -0.39 is 0 Å². The Bertz CT molecular complexity index is 1270. The molecule has 2 aromatic heterocycles. The molecule has 0 saturated carbocycles. The molecular formula is C26H31N9. The van der Waals surface area contributed by atoms with Crippen LogP contribution >= 0.6 is 0 Å². The normalized spacial score (nSPS) is 12.4. The minimum atomic E-state index is 0.438. The van der Waals surface area contributed by atoms with E-state index in [1.165, 1.54) is 17.5 Å². The molecule has 2 aromatic carbocycles. The average molecular weight is 470 g/mol. The molecule has 2 heterocycles. The van der Waals surface area contributed by atoms with E-state index in [0.717, 1.165) is 49.4 Å². The molecule has 1 aliphatic carbocycles. The highest BCUT2D eigenvalue weighted by molar-refractivity contribution is 5.65. The quantitative estimate of drug-likeness (QED) is 0.273. The van der Waals surface area contributed by atoms with Gasteiger partial charge in [0.05, 0.1) is 5.69 Å². The van der Waals surface area contributed by atoms with Crippen molar-refractivity contribution in [3.05, 3.63) is 65.7 Å². The summed E-state index contributed by atoms with van der Waals surface area (Å²) in [5.41, 5.74) is 5.80. The Kier molecular flexibility index (Phi) is 6.85. The zero-order chi connectivity index (χ0) is 24.0. The Morgan fingerprint density at radius 2 is 1.71 bits per heavy atom. The molecule has 0 radical (unpaired) electrons. The van der Waals surface area contributed by atoms with E-state index in [4.69, 9.17) is 9.97 Å². The second-order valence-corrected chi connectivity index (χ2v) is 8.59. The van der Waals surface area contributed by atoms with Gasteiger partial charge in [-0.25, -0.2) is 0 Å². The highest BCUT2D eigenvalue weighted by atomic mass is 15.3. The van der Waals surface area contributed by atoms with Crippen molar-refractivity contribution in [3.63, 3.8) is 0 Å². The second kappa shape index (κ2) is 10.5. The molecule has 180 valence electrons. The molecule has 0 fully saturated rings. The summed E-state index contributed by atoms with van der Waals surface area (Å²) in [5.74, 6) is 2.19. The van der Waals surface area contributed by atoms with E-state index >= 15 is 0 Å². The van der Waals surface area contributed by atoms with E-state index in [1.54, 1.807) is 0 Å². The molecule has 0 aliphatic heterocycles. The first-order valence-corrected chi connectivity index (χ1v) is 12.1. The Balaban J connectivity index is 1.43. The first-order chi connectivity index (χ1) is 17.2. The van der Waals surface area contributed by atoms with E-state index in [9.17, 15) is 0 Å². The van der Waals surface area contributed by atoms with Gasteiger partial charge in [-0.2, -0.15) is 20.1 Å². The number of hydrogen-bond acceptors (Lipinski definition) is 8. The number of nitrogens with zero attached hydrogens (tertiary/aromatic N) is 5. The minimum absolute atomic E-state index is 0.438. The van der Waals surface area contributed by atoms with Crippen LogP contribution in [-0.4, -0.2) is 51.8 Å². The number of hydrogen-bond donors (Lipinski definition) is 4. The number of aromatic nitrogens is 5. The van der Waals surface area contributed by atoms with Crippen molar-refractivity contribution in [2.75, 3.05) is 42.2 Å². The third-order valence-corrected chi connectivity index (χ3v) is 6.18. The highest BCUT2D eigenvalue weighted by Crippen LogP contribution is 2.27. The maximum Gasteiger partial charge on any atom is 0.235 e. The Morgan fingerprint density at radius 1 is 0.914 bits per heavy atom. The van der Waals surface area contributed by atoms with Crippen LogP contribution in [0.15, 0.2) is 54.6 Å². The van der Waals surface area contributed by atoms with Crippen molar-refractivity contribution in [1.82, 2.24) is 30.5 Å². The lowest BCUT2D eigenvalue weighted by atomic mass is 10.1. The average Bonchev–Trinajstić information content (AvgIpc) is 3.54. The van der Waals surface area contributed by atoms with Gasteiger partial charge in [0.25, 0.3) is 0 Å². The van der Waals surface area contributed by atoms with Crippen LogP contribution in [0.25, 0.3) is 11.3 Å². The van der Waals surface area contributed by atoms with Gasteiger partial charge in [0.15, 0.2) is 5.82 Å². The molecule has 5 rings (SSSR count).